The average molecular weight is 169 g/mol. The molecule has 12 heavy (non-hydrogen) atoms. The van der Waals surface area contributed by atoms with E-state index in [-0.39, 0.29) is 17.7 Å². The number of hydrogen-bond acceptors (Lipinski definition) is 2. The summed E-state index contributed by atoms with van der Waals surface area (Å²) in [5.74, 6) is 0.206. The molecule has 1 amide bonds. The first kappa shape index (κ1) is 9.23. The summed E-state index contributed by atoms with van der Waals surface area (Å²) in [6, 6.07) is -0.177. The molecule has 0 heterocycles. The first-order valence-corrected chi connectivity index (χ1v) is 4.56. The quantitative estimate of drug-likeness (QED) is 0.685. The smallest absolute Gasteiger partial charge is 0.220 e. The zero-order chi connectivity index (χ0) is 8.97. The summed E-state index contributed by atoms with van der Waals surface area (Å²) in [4.78, 5) is 22.2. The minimum Gasteiger partial charge on any atom is -0.346 e. The van der Waals surface area contributed by atoms with Crippen molar-refractivity contribution in [2.24, 2.45) is 0 Å². The predicted molar refractivity (Wildman–Crippen MR) is 45.7 cm³/mol. The first-order valence-electron chi connectivity index (χ1n) is 4.56. The van der Waals surface area contributed by atoms with Crippen LogP contribution in [0.25, 0.3) is 0 Å². The zero-order valence-corrected chi connectivity index (χ0v) is 7.43. The van der Waals surface area contributed by atoms with Gasteiger partial charge in [-0.3, -0.25) is 9.59 Å². The van der Waals surface area contributed by atoms with Crippen LogP contribution < -0.4 is 5.32 Å². The normalized spacial score (nSPS) is 22.8. The molecule has 1 unspecified atom stereocenters. The van der Waals surface area contributed by atoms with Gasteiger partial charge in [0, 0.05) is 12.8 Å². The second-order valence-electron chi connectivity index (χ2n) is 3.23. The molecule has 0 aliphatic heterocycles. The highest BCUT2D eigenvalue weighted by atomic mass is 16.2. The summed E-state index contributed by atoms with van der Waals surface area (Å²) >= 11 is 0. The molecular weight excluding hydrogens is 154 g/mol. The molecule has 1 rings (SSSR count). The van der Waals surface area contributed by atoms with E-state index in [1.807, 2.05) is 6.92 Å². The topological polar surface area (TPSA) is 46.2 Å². The lowest BCUT2D eigenvalue weighted by molar-refractivity contribution is -0.126. The van der Waals surface area contributed by atoms with Crippen molar-refractivity contribution in [1.82, 2.24) is 5.32 Å². The Bertz CT molecular complexity index is 189. The van der Waals surface area contributed by atoms with Crippen molar-refractivity contribution < 1.29 is 9.59 Å². The van der Waals surface area contributed by atoms with E-state index >= 15 is 0 Å². The number of rotatable bonds is 3. The zero-order valence-electron chi connectivity index (χ0n) is 7.43. The molecule has 1 atom stereocenters. The maximum atomic E-state index is 11.1. The molecular formula is C9H15NO2. The summed E-state index contributed by atoms with van der Waals surface area (Å²) < 4.78 is 0. The molecule has 68 valence electrons. The van der Waals surface area contributed by atoms with Gasteiger partial charge in [0.2, 0.25) is 5.91 Å². The summed E-state index contributed by atoms with van der Waals surface area (Å²) in [7, 11) is 0. The number of nitrogens with one attached hydrogen (secondary N) is 1. The van der Waals surface area contributed by atoms with E-state index in [0.717, 1.165) is 19.3 Å². The molecule has 1 saturated carbocycles. The molecule has 0 aromatic carbocycles. The number of hydrogen-bond donors (Lipinski definition) is 1. The van der Waals surface area contributed by atoms with Gasteiger partial charge in [-0.25, -0.2) is 0 Å². The molecule has 0 spiro atoms. The van der Waals surface area contributed by atoms with E-state index in [1.54, 1.807) is 0 Å². The number of carbonyl (C=O) groups excluding carboxylic acids is 2. The molecule has 0 radical (unpaired) electrons. The van der Waals surface area contributed by atoms with Gasteiger partial charge < -0.3 is 5.32 Å². The van der Waals surface area contributed by atoms with Gasteiger partial charge in [-0.1, -0.05) is 6.92 Å². The highest BCUT2D eigenvalue weighted by Gasteiger charge is 2.25. The van der Waals surface area contributed by atoms with E-state index in [1.165, 1.54) is 0 Å². The fraction of sp³-hybridized carbons (Fsp3) is 0.778. The number of Topliss-reactive ketones (excluding diaryl/α,β-unsaturated/α-hetero) is 1. The lowest BCUT2D eigenvalue weighted by Crippen LogP contribution is -2.37. The molecule has 1 aliphatic carbocycles. The van der Waals surface area contributed by atoms with Gasteiger partial charge >= 0.3 is 0 Å². The fourth-order valence-corrected chi connectivity index (χ4v) is 1.46. The molecule has 0 bridgehead atoms. The van der Waals surface area contributed by atoms with Crippen LogP contribution in [0.4, 0.5) is 0 Å². The van der Waals surface area contributed by atoms with Crippen LogP contribution in [0.2, 0.25) is 0 Å². The molecule has 1 fully saturated rings. The molecule has 1 aliphatic rings. The lowest BCUT2D eigenvalue weighted by Gasteiger charge is -2.09. The number of carbonyl (C=O) groups is 2. The van der Waals surface area contributed by atoms with Crippen molar-refractivity contribution >= 4 is 11.7 Å². The Morgan fingerprint density at radius 3 is 2.92 bits per heavy atom. The minimum atomic E-state index is -0.177. The van der Waals surface area contributed by atoms with Crippen molar-refractivity contribution in [1.29, 1.82) is 0 Å². The second-order valence-corrected chi connectivity index (χ2v) is 3.23. The number of ketones is 1. The minimum absolute atomic E-state index is 0.0118. The second kappa shape index (κ2) is 4.24. The Labute approximate surface area is 72.5 Å². The average Bonchev–Trinajstić information content (AvgIpc) is 2.37. The molecule has 0 aromatic rings. The molecule has 3 heteroatoms. The molecule has 1 N–H and O–H groups in total. The van der Waals surface area contributed by atoms with E-state index in [2.05, 4.69) is 5.32 Å². The predicted octanol–water partition coefficient (Wildman–Crippen LogP) is 1.02. The van der Waals surface area contributed by atoms with E-state index in [9.17, 15) is 9.59 Å². The number of amides is 1. The van der Waals surface area contributed by atoms with Gasteiger partial charge in [0.05, 0.1) is 6.04 Å². The van der Waals surface area contributed by atoms with Gasteiger partial charge in [0.15, 0.2) is 5.78 Å². The summed E-state index contributed by atoms with van der Waals surface area (Å²) in [6.07, 6.45) is 3.76. The van der Waals surface area contributed by atoms with Crippen LogP contribution in [0.1, 0.15) is 39.0 Å². The maximum absolute atomic E-state index is 11.1. The summed E-state index contributed by atoms with van der Waals surface area (Å²) in [6.45, 7) is 1.95. The first-order chi connectivity index (χ1) is 5.74. The lowest BCUT2D eigenvalue weighted by atomic mass is 10.2. The van der Waals surface area contributed by atoms with Crippen LogP contribution >= 0.6 is 0 Å². The van der Waals surface area contributed by atoms with Crippen molar-refractivity contribution in [3.05, 3.63) is 0 Å². The van der Waals surface area contributed by atoms with E-state index < -0.39 is 0 Å². The Hall–Kier alpha value is -0.860. The Balaban J connectivity index is 2.30. The van der Waals surface area contributed by atoms with Gasteiger partial charge in [-0.2, -0.15) is 0 Å². The van der Waals surface area contributed by atoms with Gasteiger partial charge in [0.1, 0.15) is 0 Å². The van der Waals surface area contributed by atoms with Crippen molar-refractivity contribution in [3.8, 4) is 0 Å². The van der Waals surface area contributed by atoms with E-state index in [0.29, 0.717) is 12.8 Å². The van der Waals surface area contributed by atoms with Crippen molar-refractivity contribution in [3.63, 3.8) is 0 Å². The standard InChI is InChI=1S/C9H15NO2/c1-2-4-9(12)10-7-5-3-6-8(7)11/h7H,2-6H2,1H3,(H,10,12). The molecule has 0 aromatic heterocycles. The Morgan fingerprint density at radius 2 is 2.42 bits per heavy atom. The summed E-state index contributed by atoms with van der Waals surface area (Å²) in [5.41, 5.74) is 0. The Kier molecular flexibility index (Phi) is 3.26. The highest BCUT2D eigenvalue weighted by molar-refractivity contribution is 5.90. The van der Waals surface area contributed by atoms with Gasteiger partial charge in [0.25, 0.3) is 0 Å². The van der Waals surface area contributed by atoms with Crippen LogP contribution in [0.3, 0.4) is 0 Å². The Morgan fingerprint density at radius 1 is 1.67 bits per heavy atom. The molecule has 0 saturated heterocycles. The summed E-state index contributed by atoms with van der Waals surface area (Å²) in [5, 5.41) is 2.74. The fourth-order valence-electron chi connectivity index (χ4n) is 1.46. The van der Waals surface area contributed by atoms with Crippen LogP contribution in [-0.4, -0.2) is 17.7 Å². The van der Waals surface area contributed by atoms with E-state index in [4.69, 9.17) is 0 Å². The van der Waals surface area contributed by atoms with Crippen LogP contribution in [0.5, 0.6) is 0 Å². The highest BCUT2D eigenvalue weighted by Crippen LogP contribution is 2.14. The molecule has 3 nitrogen and oxygen atoms in total. The SMILES string of the molecule is CCCC(=O)NC1CCCC1=O. The van der Waals surface area contributed by atoms with Crippen LogP contribution in [0.15, 0.2) is 0 Å². The van der Waals surface area contributed by atoms with Gasteiger partial charge in [-0.05, 0) is 19.3 Å². The third-order valence-corrected chi connectivity index (χ3v) is 2.12. The van der Waals surface area contributed by atoms with Crippen molar-refractivity contribution in [2.45, 2.75) is 45.1 Å². The monoisotopic (exact) mass is 169 g/mol. The largest absolute Gasteiger partial charge is 0.346 e. The third kappa shape index (κ3) is 2.32. The maximum Gasteiger partial charge on any atom is 0.220 e. The van der Waals surface area contributed by atoms with Crippen LogP contribution in [-0.2, 0) is 9.59 Å². The van der Waals surface area contributed by atoms with Crippen LogP contribution in [0, 0.1) is 0 Å². The third-order valence-electron chi connectivity index (χ3n) is 2.12. The van der Waals surface area contributed by atoms with Crippen molar-refractivity contribution in [2.75, 3.05) is 0 Å². The van der Waals surface area contributed by atoms with Gasteiger partial charge in [-0.15, -0.1) is 0 Å².